The number of hydrogen-bond acceptors (Lipinski definition) is 2. The molecular weight excluding hydrogens is 1330 g/mol. The molecule has 0 saturated carbocycles. The van der Waals surface area contributed by atoms with Crippen molar-refractivity contribution in [3.8, 4) is 101 Å². The number of hydrogen-bond donors (Lipinski definition) is 0. The van der Waals surface area contributed by atoms with Crippen LogP contribution in [0.1, 0.15) is 44.5 Å². The third kappa shape index (κ3) is 9.66. The molecule has 0 N–H and O–H groups in total. The van der Waals surface area contributed by atoms with Gasteiger partial charge in [-0.05, 0) is 208 Å². The van der Waals surface area contributed by atoms with Crippen molar-refractivity contribution in [3.63, 3.8) is 0 Å². The molecule has 0 aliphatic heterocycles. The molecule has 0 spiro atoms. The molecule has 0 radical (unpaired) electrons. The molecule has 110 heavy (non-hydrogen) atoms. The lowest BCUT2D eigenvalue weighted by molar-refractivity contribution is 0.767. The van der Waals surface area contributed by atoms with Crippen molar-refractivity contribution < 1.29 is 0 Å². The highest BCUT2D eigenvalue weighted by Crippen LogP contribution is 2.60. The van der Waals surface area contributed by atoms with E-state index in [0.29, 0.717) is 0 Å². The number of fused-ring (bicyclic) bond motifs is 13. The third-order valence-electron chi connectivity index (χ3n) is 23.7. The maximum absolute atomic E-state index is 5.80. The maximum atomic E-state index is 5.80. The van der Waals surface area contributed by atoms with Gasteiger partial charge in [0.25, 0.3) is 0 Å². The number of nitrogens with zero attached hydrogens (tertiary/aromatic N) is 4. The van der Waals surface area contributed by atoms with Crippen molar-refractivity contribution in [1.82, 2.24) is 19.1 Å². The molecule has 0 amide bonds. The summed E-state index contributed by atoms with van der Waals surface area (Å²) in [7, 11) is 0. The molecule has 2 aliphatic rings. The molecule has 0 fully saturated rings. The molecule has 0 bridgehead atoms. The zero-order valence-corrected chi connectivity index (χ0v) is 60.0. The lowest BCUT2D eigenvalue weighted by Crippen LogP contribution is -2.28. The molecule has 3 aromatic heterocycles. The van der Waals surface area contributed by atoms with E-state index < -0.39 is 10.8 Å². The molecule has 4 heteroatoms. The van der Waals surface area contributed by atoms with Gasteiger partial charge in [0, 0.05) is 44.0 Å². The van der Waals surface area contributed by atoms with E-state index in [0.717, 1.165) is 67.0 Å². The minimum Gasteiger partial charge on any atom is -0.309 e. The summed E-state index contributed by atoms with van der Waals surface area (Å²) < 4.78 is 4.99. The third-order valence-corrected chi connectivity index (χ3v) is 23.7. The van der Waals surface area contributed by atoms with Crippen LogP contribution >= 0.6 is 0 Å². The monoisotopic (exact) mass is 1400 g/mol. The van der Waals surface area contributed by atoms with E-state index in [4.69, 9.17) is 9.97 Å². The predicted octanol–water partition coefficient (Wildman–Crippen LogP) is 26.6. The number of para-hydroxylation sites is 2. The molecule has 0 unspecified atom stereocenters. The van der Waals surface area contributed by atoms with Crippen LogP contribution in [0.25, 0.3) is 155 Å². The van der Waals surface area contributed by atoms with Crippen molar-refractivity contribution >= 4 is 54.6 Å². The summed E-state index contributed by atoms with van der Waals surface area (Å²) in [4.78, 5) is 11.6. The van der Waals surface area contributed by atoms with Crippen molar-refractivity contribution in [3.05, 3.63) is 457 Å². The molecule has 512 valence electrons. The van der Waals surface area contributed by atoms with Gasteiger partial charge in [-0.15, -0.1) is 0 Å². The molecule has 20 aromatic rings. The normalized spacial score (nSPS) is 13.1. The van der Waals surface area contributed by atoms with E-state index in [9.17, 15) is 0 Å². The summed E-state index contributed by atoms with van der Waals surface area (Å²) >= 11 is 0. The molecule has 2 aliphatic carbocycles. The van der Waals surface area contributed by atoms with Gasteiger partial charge in [-0.25, -0.2) is 9.97 Å². The summed E-state index contributed by atoms with van der Waals surface area (Å²) in [6.07, 6.45) is 0. The minimum atomic E-state index is -0.776. The van der Waals surface area contributed by atoms with Gasteiger partial charge in [0.15, 0.2) is 0 Å². The van der Waals surface area contributed by atoms with E-state index >= 15 is 0 Å². The second-order valence-corrected chi connectivity index (χ2v) is 29.4. The van der Waals surface area contributed by atoms with Crippen molar-refractivity contribution in [2.24, 2.45) is 0 Å². The first-order valence-electron chi connectivity index (χ1n) is 38.0. The lowest BCUT2D eigenvalue weighted by Gasteiger charge is -2.34. The Morgan fingerprint density at radius 2 is 0.418 bits per heavy atom. The van der Waals surface area contributed by atoms with Gasteiger partial charge in [0.2, 0.25) is 0 Å². The summed E-state index contributed by atoms with van der Waals surface area (Å²) in [5, 5.41) is 4.82. The Labute approximate surface area is 638 Å². The molecule has 22 rings (SSSR count). The van der Waals surface area contributed by atoms with Gasteiger partial charge in [0.1, 0.15) is 0 Å². The zero-order chi connectivity index (χ0) is 72.4. The van der Waals surface area contributed by atoms with E-state index in [1.165, 1.54) is 133 Å². The highest BCUT2D eigenvalue weighted by atomic mass is 15.0. The van der Waals surface area contributed by atoms with E-state index in [2.05, 4.69) is 422 Å². The highest BCUT2D eigenvalue weighted by Gasteiger charge is 2.49. The largest absolute Gasteiger partial charge is 0.309 e. The van der Waals surface area contributed by atoms with Crippen LogP contribution in [0.15, 0.2) is 413 Å². The summed E-state index contributed by atoms with van der Waals surface area (Å²) in [6.45, 7) is 0. The standard InChI is InChI=1S/C106H68N4/c1-9-27-69(28-10-1)73-47-57-99-89(61-73)90-62-74(70-29-11-2-12-30-70)48-58-100(90)109(99)83-51-55-87-85-53-45-77(65-93(85)105(95(87)67-83,79-35-17-5-18-36-79)80-37-19-6-20-38-80)103-104(108-98-44-26-25-43-97(98)107-103)78-46-54-86-88-56-52-84(68-96(88)106(94(86)66-78,81-39-21-7-22-40-81)82-41-23-8-24-42-82)110-101-59-49-75(71-31-13-3-14-32-71)63-91(101)92-64-76(50-60-102(92)110)72-33-15-4-16-34-72/h1-68H. The fraction of sp³-hybridized carbons (Fsp3) is 0.0189. The van der Waals surface area contributed by atoms with Crippen LogP contribution in [0.4, 0.5) is 0 Å². The Morgan fingerprint density at radius 3 is 0.700 bits per heavy atom. The number of aromatic nitrogens is 4. The Balaban J connectivity index is 0.737. The molecule has 3 heterocycles. The quantitative estimate of drug-likeness (QED) is 0.122. The second kappa shape index (κ2) is 25.2. The average Bonchev–Trinajstić information content (AvgIpc) is 1.53. The van der Waals surface area contributed by atoms with Crippen LogP contribution in [0.5, 0.6) is 0 Å². The zero-order valence-electron chi connectivity index (χ0n) is 60.0. The molecular formula is C106H68N4. The highest BCUT2D eigenvalue weighted by molar-refractivity contribution is 6.13. The van der Waals surface area contributed by atoms with Crippen molar-refractivity contribution in [2.75, 3.05) is 0 Å². The Bertz CT molecular complexity index is 6330. The van der Waals surface area contributed by atoms with Crippen molar-refractivity contribution in [2.45, 2.75) is 10.8 Å². The fourth-order valence-corrected chi connectivity index (χ4v) is 18.8. The summed E-state index contributed by atoms with van der Waals surface area (Å²) in [5.74, 6) is 0. The van der Waals surface area contributed by atoms with E-state index in [1.807, 2.05) is 0 Å². The van der Waals surface area contributed by atoms with Gasteiger partial charge < -0.3 is 9.13 Å². The Morgan fingerprint density at radius 1 is 0.182 bits per heavy atom. The van der Waals surface area contributed by atoms with E-state index in [1.54, 1.807) is 0 Å². The summed E-state index contributed by atoms with van der Waals surface area (Å²) in [6, 6.07) is 153. The fourth-order valence-electron chi connectivity index (χ4n) is 18.8. The number of rotatable bonds is 12. The summed E-state index contributed by atoms with van der Waals surface area (Å²) in [5.41, 5.74) is 34.3. The number of benzene rings is 17. The first-order chi connectivity index (χ1) is 54.5. The minimum absolute atomic E-state index is 0.776. The molecule has 4 nitrogen and oxygen atoms in total. The SMILES string of the molecule is c1ccc(-c2ccc3c(c2)c2cc(-c4ccccc4)ccc2n3-c2ccc3c(c2)C(c2ccccc2)(c2ccccc2)c2cc(-c4nc5ccccc5nc4-c4ccc5c(c4)C(c4ccccc4)(c4ccccc4)c4cc(-n6c7ccc(-c8ccccc8)cc7c7cc(-c8ccccc8)ccc76)ccc4-5)ccc2-3)cc1. The van der Waals surface area contributed by atoms with Crippen LogP contribution < -0.4 is 0 Å². The molecule has 17 aromatic carbocycles. The van der Waals surface area contributed by atoms with Crippen LogP contribution in [0.2, 0.25) is 0 Å². The predicted molar refractivity (Wildman–Crippen MR) is 455 cm³/mol. The van der Waals surface area contributed by atoms with Crippen LogP contribution in [0.3, 0.4) is 0 Å². The van der Waals surface area contributed by atoms with Crippen LogP contribution in [-0.4, -0.2) is 19.1 Å². The van der Waals surface area contributed by atoms with E-state index in [-0.39, 0.29) is 0 Å². The average molecular weight is 1400 g/mol. The Kier molecular flexibility index (Phi) is 14.4. The smallest absolute Gasteiger partial charge is 0.0973 e. The Hall–Kier alpha value is -14.3. The maximum Gasteiger partial charge on any atom is 0.0973 e. The molecule has 0 atom stereocenters. The van der Waals surface area contributed by atoms with Gasteiger partial charge in [-0.2, -0.15) is 0 Å². The van der Waals surface area contributed by atoms with Gasteiger partial charge in [0.05, 0.1) is 55.3 Å². The van der Waals surface area contributed by atoms with Crippen LogP contribution in [0, 0.1) is 0 Å². The van der Waals surface area contributed by atoms with Crippen LogP contribution in [-0.2, 0) is 10.8 Å². The second-order valence-electron chi connectivity index (χ2n) is 29.4. The van der Waals surface area contributed by atoms with Gasteiger partial charge in [-0.3, -0.25) is 0 Å². The molecule has 0 saturated heterocycles. The first kappa shape index (κ1) is 63.0. The van der Waals surface area contributed by atoms with Crippen molar-refractivity contribution in [1.29, 1.82) is 0 Å². The topological polar surface area (TPSA) is 35.6 Å². The first-order valence-corrected chi connectivity index (χ1v) is 38.0. The van der Waals surface area contributed by atoms with Gasteiger partial charge in [-0.1, -0.05) is 315 Å². The lowest BCUT2D eigenvalue weighted by atomic mass is 9.67. The van der Waals surface area contributed by atoms with Gasteiger partial charge >= 0.3 is 0 Å².